The summed E-state index contributed by atoms with van der Waals surface area (Å²) in [6.45, 7) is 6.35. The third-order valence-electron chi connectivity index (χ3n) is 3.45. The highest BCUT2D eigenvalue weighted by Crippen LogP contribution is 2.20. The zero-order valence-corrected chi connectivity index (χ0v) is 13.5. The SMILES string of the molecule is COC(=O)c1ccc(S(=O)(=O)NCC(C)C(C)C)c(N)c1. The van der Waals surface area contributed by atoms with Crippen molar-refractivity contribution in [3.8, 4) is 0 Å². The van der Waals surface area contributed by atoms with Crippen molar-refractivity contribution in [1.29, 1.82) is 0 Å². The normalized spacial score (nSPS) is 13.2. The lowest BCUT2D eigenvalue weighted by Crippen LogP contribution is -2.30. The van der Waals surface area contributed by atoms with Gasteiger partial charge in [0.2, 0.25) is 10.0 Å². The summed E-state index contributed by atoms with van der Waals surface area (Å²) >= 11 is 0. The number of ether oxygens (including phenoxy) is 1. The number of nitrogens with one attached hydrogen (secondary N) is 1. The fourth-order valence-electron chi connectivity index (χ4n) is 1.59. The first kappa shape index (κ1) is 17.5. The van der Waals surface area contributed by atoms with Crippen molar-refractivity contribution in [2.24, 2.45) is 11.8 Å². The maximum atomic E-state index is 12.2. The van der Waals surface area contributed by atoms with E-state index in [1.54, 1.807) is 0 Å². The van der Waals surface area contributed by atoms with Gasteiger partial charge in [-0.1, -0.05) is 20.8 Å². The Morgan fingerprint density at radius 1 is 1.33 bits per heavy atom. The van der Waals surface area contributed by atoms with Crippen molar-refractivity contribution >= 4 is 21.7 Å². The Labute approximate surface area is 125 Å². The van der Waals surface area contributed by atoms with E-state index in [1.165, 1.54) is 25.3 Å². The molecule has 1 atom stereocenters. The molecule has 0 saturated heterocycles. The maximum absolute atomic E-state index is 12.2. The third kappa shape index (κ3) is 4.44. The number of carbonyl (C=O) groups is 1. The first-order valence-electron chi connectivity index (χ1n) is 6.66. The Bertz CT molecular complexity index is 611. The van der Waals surface area contributed by atoms with Crippen LogP contribution >= 0.6 is 0 Å². The molecule has 1 unspecified atom stereocenters. The molecule has 0 fully saturated rings. The van der Waals surface area contributed by atoms with E-state index in [4.69, 9.17) is 5.73 Å². The van der Waals surface area contributed by atoms with Gasteiger partial charge in [0.05, 0.1) is 18.4 Å². The van der Waals surface area contributed by atoms with Crippen molar-refractivity contribution in [3.63, 3.8) is 0 Å². The first-order valence-corrected chi connectivity index (χ1v) is 8.15. The van der Waals surface area contributed by atoms with E-state index in [-0.39, 0.29) is 22.1 Å². The second kappa shape index (κ2) is 6.91. The van der Waals surface area contributed by atoms with Gasteiger partial charge in [-0.25, -0.2) is 17.9 Å². The van der Waals surface area contributed by atoms with Gasteiger partial charge in [-0.3, -0.25) is 0 Å². The summed E-state index contributed by atoms with van der Waals surface area (Å²) in [5.74, 6) is 0.00845. The Morgan fingerprint density at radius 2 is 1.95 bits per heavy atom. The number of hydrogen-bond donors (Lipinski definition) is 2. The topological polar surface area (TPSA) is 98.5 Å². The number of hydrogen-bond acceptors (Lipinski definition) is 5. The predicted molar refractivity (Wildman–Crippen MR) is 81.4 cm³/mol. The largest absolute Gasteiger partial charge is 0.465 e. The van der Waals surface area contributed by atoms with Crippen LogP contribution in [-0.2, 0) is 14.8 Å². The molecule has 3 N–H and O–H groups in total. The van der Waals surface area contributed by atoms with E-state index in [2.05, 4.69) is 9.46 Å². The minimum atomic E-state index is -3.70. The lowest BCUT2D eigenvalue weighted by Gasteiger charge is -2.17. The van der Waals surface area contributed by atoms with Crippen LogP contribution in [0, 0.1) is 11.8 Å². The van der Waals surface area contributed by atoms with Crippen LogP contribution in [0.5, 0.6) is 0 Å². The number of nitrogens with two attached hydrogens (primary N) is 1. The van der Waals surface area contributed by atoms with Crippen LogP contribution in [0.2, 0.25) is 0 Å². The fourth-order valence-corrected chi connectivity index (χ4v) is 2.85. The lowest BCUT2D eigenvalue weighted by atomic mass is 9.99. The lowest BCUT2D eigenvalue weighted by molar-refractivity contribution is 0.0600. The van der Waals surface area contributed by atoms with E-state index in [9.17, 15) is 13.2 Å². The maximum Gasteiger partial charge on any atom is 0.337 e. The van der Waals surface area contributed by atoms with Crippen molar-refractivity contribution < 1.29 is 17.9 Å². The Kier molecular flexibility index (Phi) is 5.74. The average Bonchev–Trinajstić information content (AvgIpc) is 2.43. The predicted octanol–water partition coefficient (Wildman–Crippen LogP) is 1.63. The van der Waals surface area contributed by atoms with E-state index >= 15 is 0 Å². The highest BCUT2D eigenvalue weighted by Gasteiger charge is 2.20. The van der Waals surface area contributed by atoms with Crippen molar-refractivity contribution in [3.05, 3.63) is 23.8 Å². The van der Waals surface area contributed by atoms with E-state index < -0.39 is 16.0 Å². The standard InChI is InChI=1S/C14H22N2O4S/c1-9(2)10(3)8-16-21(18,19)13-6-5-11(7-12(13)15)14(17)20-4/h5-7,9-10,16H,8,15H2,1-4H3. The smallest absolute Gasteiger partial charge is 0.337 e. The van der Waals surface area contributed by atoms with Crippen LogP contribution < -0.4 is 10.5 Å². The monoisotopic (exact) mass is 314 g/mol. The molecule has 0 amide bonds. The molecule has 0 radical (unpaired) electrons. The van der Waals surface area contributed by atoms with Gasteiger partial charge in [0.15, 0.2) is 0 Å². The quantitative estimate of drug-likeness (QED) is 0.614. The molecule has 118 valence electrons. The second-order valence-corrected chi connectivity index (χ2v) is 7.05. The highest BCUT2D eigenvalue weighted by molar-refractivity contribution is 7.89. The summed E-state index contributed by atoms with van der Waals surface area (Å²) < 4.78 is 31.5. The number of sulfonamides is 1. The van der Waals surface area contributed by atoms with Gasteiger partial charge in [0.25, 0.3) is 0 Å². The molecule has 0 aliphatic heterocycles. The molecule has 1 aromatic rings. The van der Waals surface area contributed by atoms with E-state index in [0.717, 1.165) is 0 Å². The van der Waals surface area contributed by atoms with Gasteiger partial charge in [0.1, 0.15) is 4.90 Å². The van der Waals surface area contributed by atoms with Crippen LogP contribution in [0.15, 0.2) is 23.1 Å². The molecule has 0 aromatic heterocycles. The molecule has 0 aliphatic carbocycles. The van der Waals surface area contributed by atoms with Crippen molar-refractivity contribution in [2.75, 3.05) is 19.4 Å². The number of nitrogen functional groups attached to an aromatic ring is 1. The number of esters is 1. The van der Waals surface area contributed by atoms with Crippen LogP contribution in [0.1, 0.15) is 31.1 Å². The minimum absolute atomic E-state index is 0.0163. The Morgan fingerprint density at radius 3 is 2.43 bits per heavy atom. The van der Waals surface area contributed by atoms with Gasteiger partial charge >= 0.3 is 5.97 Å². The van der Waals surface area contributed by atoms with Crippen LogP contribution in [0.4, 0.5) is 5.69 Å². The summed E-state index contributed by atoms with van der Waals surface area (Å²) in [5, 5.41) is 0. The van der Waals surface area contributed by atoms with Gasteiger partial charge in [-0.05, 0) is 30.0 Å². The molecule has 0 spiro atoms. The summed E-state index contributed by atoms with van der Waals surface area (Å²) in [4.78, 5) is 11.3. The van der Waals surface area contributed by atoms with E-state index in [1.807, 2.05) is 20.8 Å². The summed E-state index contributed by atoms with van der Waals surface area (Å²) in [6.07, 6.45) is 0. The fraction of sp³-hybridized carbons (Fsp3) is 0.500. The molecule has 0 aliphatic rings. The summed E-state index contributed by atoms with van der Waals surface area (Å²) in [6, 6.07) is 3.98. The molecule has 21 heavy (non-hydrogen) atoms. The number of benzene rings is 1. The minimum Gasteiger partial charge on any atom is -0.465 e. The number of carbonyl (C=O) groups excluding carboxylic acids is 1. The summed E-state index contributed by atoms with van der Waals surface area (Å²) in [5.41, 5.74) is 5.97. The second-order valence-electron chi connectivity index (χ2n) is 5.32. The van der Waals surface area contributed by atoms with Gasteiger partial charge in [0, 0.05) is 6.54 Å². The molecular weight excluding hydrogens is 292 g/mol. The van der Waals surface area contributed by atoms with Gasteiger partial charge in [-0.15, -0.1) is 0 Å². The third-order valence-corrected chi connectivity index (χ3v) is 4.95. The zero-order valence-electron chi connectivity index (χ0n) is 12.7. The van der Waals surface area contributed by atoms with Gasteiger partial charge < -0.3 is 10.5 Å². The first-order chi connectivity index (χ1) is 9.69. The van der Waals surface area contributed by atoms with Gasteiger partial charge in [-0.2, -0.15) is 0 Å². The molecule has 0 saturated carbocycles. The van der Waals surface area contributed by atoms with E-state index in [0.29, 0.717) is 12.5 Å². The van der Waals surface area contributed by atoms with Crippen LogP contribution in [-0.4, -0.2) is 28.0 Å². The van der Waals surface area contributed by atoms with Crippen molar-refractivity contribution in [2.45, 2.75) is 25.7 Å². The van der Waals surface area contributed by atoms with Crippen LogP contribution in [0.25, 0.3) is 0 Å². The molecule has 7 heteroatoms. The summed E-state index contributed by atoms with van der Waals surface area (Å²) in [7, 11) is -2.45. The van der Waals surface area contributed by atoms with Crippen molar-refractivity contribution in [1.82, 2.24) is 4.72 Å². The Hall–Kier alpha value is -1.60. The molecule has 0 bridgehead atoms. The number of methoxy groups -OCH3 is 1. The zero-order chi connectivity index (χ0) is 16.2. The highest BCUT2D eigenvalue weighted by atomic mass is 32.2. The number of rotatable bonds is 6. The van der Waals surface area contributed by atoms with Crippen LogP contribution in [0.3, 0.4) is 0 Å². The molecule has 1 rings (SSSR count). The molecule has 0 heterocycles. The molecule has 1 aromatic carbocycles. The molecule has 6 nitrogen and oxygen atoms in total. The number of anilines is 1. The average molecular weight is 314 g/mol. The Balaban J connectivity index is 2.96. The molecular formula is C14H22N2O4S.